The van der Waals surface area contributed by atoms with Gasteiger partial charge in [0.25, 0.3) is 0 Å². The molecule has 1 saturated carbocycles. The lowest BCUT2D eigenvalue weighted by Crippen LogP contribution is -2.28. The van der Waals surface area contributed by atoms with Crippen LogP contribution >= 0.6 is 22.6 Å². The highest BCUT2D eigenvalue weighted by atomic mass is 127. The zero-order valence-corrected chi connectivity index (χ0v) is 21.1. The first kappa shape index (κ1) is 25.1. The molecule has 0 radical (unpaired) electrons. The van der Waals surface area contributed by atoms with Gasteiger partial charge in [-0.25, -0.2) is 0 Å². The van der Waals surface area contributed by atoms with Crippen molar-refractivity contribution in [3.63, 3.8) is 0 Å². The third-order valence-electron chi connectivity index (χ3n) is 7.07. The van der Waals surface area contributed by atoms with Crippen LogP contribution in [0, 0.1) is 23.2 Å². The number of halogens is 1. The Bertz CT molecular complexity index is 547. The van der Waals surface area contributed by atoms with E-state index < -0.39 is 6.10 Å². The number of carbonyl (C=O) groups is 1. The molecule has 0 amide bonds. The predicted octanol–water partition coefficient (Wildman–Crippen LogP) is 5.70. The summed E-state index contributed by atoms with van der Waals surface area (Å²) >= 11 is 2.50. The smallest absolute Gasteiger partial charge is 0.305 e. The largest absolute Gasteiger partial charge is 0.469 e. The lowest BCUT2D eigenvalue weighted by molar-refractivity contribution is -0.140. The van der Waals surface area contributed by atoms with Gasteiger partial charge in [0.15, 0.2) is 0 Å². The van der Waals surface area contributed by atoms with Crippen LogP contribution in [0.5, 0.6) is 0 Å². The highest BCUT2D eigenvalue weighted by Crippen LogP contribution is 2.48. The van der Waals surface area contributed by atoms with Gasteiger partial charge in [0.1, 0.15) is 0 Å². The Balaban J connectivity index is 1.89. The molecule has 0 bridgehead atoms. The molecule has 7 atom stereocenters. The Morgan fingerprint density at radius 2 is 2.07 bits per heavy atom. The minimum Gasteiger partial charge on any atom is -0.469 e. The molecular weight excluding hydrogens is 479 g/mol. The number of hydrogen-bond donors (Lipinski definition) is 1. The molecule has 2 fully saturated rings. The molecule has 1 saturated heterocycles. The van der Waals surface area contributed by atoms with E-state index in [-0.39, 0.29) is 17.5 Å². The molecule has 29 heavy (non-hydrogen) atoms. The van der Waals surface area contributed by atoms with Crippen molar-refractivity contribution in [2.45, 2.75) is 101 Å². The van der Waals surface area contributed by atoms with E-state index in [2.05, 4.69) is 62.4 Å². The molecule has 0 aromatic rings. The van der Waals surface area contributed by atoms with E-state index in [4.69, 9.17) is 9.47 Å². The monoisotopic (exact) mass is 520 g/mol. The SMILES string of the molecule is CCCCC(C)(C)[C@H](O)C=C[C@H]1[C@H]2C[C@@H]([C@@H](I)CCCC(=O)OC)O[C@H]2C[C@H]1C. The maximum Gasteiger partial charge on any atom is 0.305 e. The van der Waals surface area contributed by atoms with Crippen molar-refractivity contribution >= 4 is 28.6 Å². The van der Waals surface area contributed by atoms with Crippen molar-refractivity contribution in [2.75, 3.05) is 7.11 Å². The molecule has 1 N–H and O–H groups in total. The molecular formula is C24H41IO4. The normalized spacial score (nSPS) is 31.8. The van der Waals surface area contributed by atoms with Gasteiger partial charge in [0.2, 0.25) is 0 Å². The quantitative estimate of drug-likeness (QED) is 0.165. The van der Waals surface area contributed by atoms with Crippen LogP contribution in [0.1, 0.15) is 79.1 Å². The van der Waals surface area contributed by atoms with Crippen molar-refractivity contribution in [2.24, 2.45) is 23.2 Å². The number of methoxy groups -OCH3 is 1. The second-order valence-corrected chi connectivity index (χ2v) is 11.4. The molecule has 4 nitrogen and oxygen atoms in total. The molecule has 1 aliphatic heterocycles. The fourth-order valence-electron chi connectivity index (χ4n) is 4.95. The van der Waals surface area contributed by atoms with Gasteiger partial charge in [0, 0.05) is 10.3 Å². The number of hydrogen-bond acceptors (Lipinski definition) is 4. The van der Waals surface area contributed by atoms with Crippen LogP contribution in [0.2, 0.25) is 0 Å². The van der Waals surface area contributed by atoms with Crippen LogP contribution in [0.15, 0.2) is 12.2 Å². The first-order chi connectivity index (χ1) is 13.7. The van der Waals surface area contributed by atoms with Crippen LogP contribution in [-0.2, 0) is 14.3 Å². The molecule has 0 spiro atoms. The van der Waals surface area contributed by atoms with Crippen molar-refractivity contribution in [3.05, 3.63) is 12.2 Å². The minimum absolute atomic E-state index is 0.0740. The summed E-state index contributed by atoms with van der Waals surface area (Å²) in [6, 6.07) is 0. The second-order valence-electron chi connectivity index (χ2n) is 9.81. The van der Waals surface area contributed by atoms with Gasteiger partial charge >= 0.3 is 5.97 Å². The van der Waals surface area contributed by atoms with Gasteiger partial charge in [-0.05, 0) is 55.3 Å². The summed E-state index contributed by atoms with van der Waals surface area (Å²) in [4.78, 5) is 11.3. The number of unbranched alkanes of at least 4 members (excludes halogenated alkanes) is 1. The number of esters is 1. The molecule has 5 heteroatoms. The fourth-order valence-corrected chi connectivity index (χ4v) is 5.85. The first-order valence-electron chi connectivity index (χ1n) is 11.4. The van der Waals surface area contributed by atoms with Gasteiger partial charge < -0.3 is 14.6 Å². The lowest BCUT2D eigenvalue weighted by atomic mass is 9.80. The Labute approximate surface area is 191 Å². The van der Waals surface area contributed by atoms with Crippen LogP contribution < -0.4 is 0 Å². The average Bonchev–Trinajstić information content (AvgIpc) is 3.21. The first-order valence-corrected chi connectivity index (χ1v) is 12.7. The number of fused-ring (bicyclic) bond motifs is 1. The van der Waals surface area contributed by atoms with Crippen molar-refractivity contribution in [1.82, 2.24) is 0 Å². The summed E-state index contributed by atoms with van der Waals surface area (Å²) in [5, 5.41) is 10.7. The molecule has 168 valence electrons. The lowest BCUT2D eigenvalue weighted by Gasteiger charge is -2.29. The van der Waals surface area contributed by atoms with E-state index in [9.17, 15) is 9.90 Å². The summed E-state index contributed by atoms with van der Waals surface area (Å²) in [6.45, 7) is 8.85. The Hall–Kier alpha value is -0.140. The Morgan fingerprint density at radius 3 is 2.72 bits per heavy atom. The molecule has 0 aromatic heterocycles. The number of carbonyl (C=O) groups excluding carboxylic acids is 1. The number of ether oxygens (including phenoxy) is 2. The molecule has 1 aliphatic carbocycles. The van der Waals surface area contributed by atoms with E-state index in [1.165, 1.54) is 13.5 Å². The topological polar surface area (TPSA) is 55.8 Å². The third kappa shape index (κ3) is 6.93. The molecule has 0 unspecified atom stereocenters. The fraction of sp³-hybridized carbons (Fsp3) is 0.875. The van der Waals surface area contributed by atoms with E-state index in [1.807, 2.05) is 0 Å². The molecule has 2 aliphatic rings. The number of aliphatic hydroxyl groups is 1. The molecule has 0 aromatic carbocycles. The molecule has 2 rings (SSSR count). The number of allylic oxidation sites excluding steroid dienone is 1. The number of alkyl halides is 1. The van der Waals surface area contributed by atoms with Gasteiger partial charge in [-0.1, -0.05) is 75.3 Å². The molecule has 1 heterocycles. The van der Waals surface area contributed by atoms with Crippen LogP contribution in [0.4, 0.5) is 0 Å². The standard InChI is InChI=1S/C24H41IO4/c1-6-7-13-24(3,4)22(26)12-11-17-16(2)14-20-18(17)15-21(29-20)19(25)9-8-10-23(27)28-5/h11-12,16-22,26H,6-10,13-15H2,1-5H3/t16-,17-,18-,19+,20+,21+,22-/m1/s1. The second kappa shape index (κ2) is 11.5. The predicted molar refractivity (Wildman–Crippen MR) is 126 cm³/mol. The van der Waals surface area contributed by atoms with Gasteiger partial charge in [-0.2, -0.15) is 0 Å². The summed E-state index contributed by atoms with van der Waals surface area (Å²) in [5.41, 5.74) is -0.0740. The van der Waals surface area contributed by atoms with Crippen molar-refractivity contribution in [3.8, 4) is 0 Å². The van der Waals surface area contributed by atoms with Crippen molar-refractivity contribution < 1.29 is 19.4 Å². The van der Waals surface area contributed by atoms with Crippen LogP contribution in [-0.4, -0.2) is 40.4 Å². The zero-order chi connectivity index (χ0) is 21.6. The highest BCUT2D eigenvalue weighted by Gasteiger charge is 2.48. The van der Waals surface area contributed by atoms with Crippen LogP contribution in [0.3, 0.4) is 0 Å². The minimum atomic E-state index is -0.394. The summed E-state index contributed by atoms with van der Waals surface area (Å²) < 4.78 is 11.6. The van der Waals surface area contributed by atoms with Gasteiger partial charge in [-0.15, -0.1) is 0 Å². The van der Waals surface area contributed by atoms with E-state index in [0.29, 0.717) is 34.2 Å². The Morgan fingerprint density at radius 1 is 1.34 bits per heavy atom. The number of rotatable bonds is 11. The third-order valence-corrected chi connectivity index (χ3v) is 8.49. The zero-order valence-electron chi connectivity index (χ0n) is 18.9. The Kier molecular flexibility index (Phi) is 9.94. The summed E-state index contributed by atoms with van der Waals surface area (Å²) in [5.74, 6) is 1.51. The van der Waals surface area contributed by atoms with Crippen molar-refractivity contribution in [1.29, 1.82) is 0 Å². The van der Waals surface area contributed by atoms with E-state index in [0.717, 1.165) is 38.5 Å². The highest BCUT2D eigenvalue weighted by molar-refractivity contribution is 14.1. The van der Waals surface area contributed by atoms with Gasteiger partial charge in [0.05, 0.1) is 25.4 Å². The maximum absolute atomic E-state index is 11.3. The summed E-state index contributed by atoms with van der Waals surface area (Å²) in [7, 11) is 1.45. The summed E-state index contributed by atoms with van der Waals surface area (Å²) in [6.07, 6.45) is 12.5. The van der Waals surface area contributed by atoms with Gasteiger partial charge in [-0.3, -0.25) is 4.79 Å². The maximum atomic E-state index is 11.3. The number of aliphatic hydroxyl groups excluding tert-OH is 1. The average molecular weight is 520 g/mol. The van der Waals surface area contributed by atoms with E-state index >= 15 is 0 Å². The van der Waals surface area contributed by atoms with Crippen LogP contribution in [0.25, 0.3) is 0 Å². The van der Waals surface area contributed by atoms with E-state index in [1.54, 1.807) is 0 Å².